The van der Waals surface area contributed by atoms with Gasteiger partial charge < -0.3 is 5.11 Å². The quantitative estimate of drug-likeness (QED) is 0.626. The molecule has 1 unspecified atom stereocenters. The fourth-order valence-corrected chi connectivity index (χ4v) is 4.94. The summed E-state index contributed by atoms with van der Waals surface area (Å²) in [7, 11) is 0. The number of allylic oxidation sites excluding steroid dienone is 3. The number of hydrogen-bond acceptors (Lipinski definition) is 1. The minimum absolute atomic E-state index is 0.0866. The van der Waals surface area contributed by atoms with E-state index in [4.69, 9.17) is 0 Å². The number of aliphatic hydroxyl groups excluding tert-OH is 1. The van der Waals surface area contributed by atoms with Crippen molar-refractivity contribution in [2.75, 3.05) is 0 Å². The van der Waals surface area contributed by atoms with Gasteiger partial charge in [0.15, 0.2) is 0 Å². The molecule has 1 nitrogen and oxygen atoms in total. The molecule has 3 rings (SSSR count). The van der Waals surface area contributed by atoms with Gasteiger partial charge in [0.25, 0.3) is 0 Å². The van der Waals surface area contributed by atoms with Crippen LogP contribution in [-0.2, 0) is 0 Å². The van der Waals surface area contributed by atoms with Gasteiger partial charge >= 0.3 is 0 Å². The van der Waals surface area contributed by atoms with Gasteiger partial charge in [0, 0.05) is 0 Å². The first kappa shape index (κ1) is 17.8. The molecule has 126 valence electrons. The summed E-state index contributed by atoms with van der Waals surface area (Å²) in [4.78, 5) is 0. The molecule has 0 saturated heterocycles. The van der Waals surface area contributed by atoms with Gasteiger partial charge in [-0.2, -0.15) is 0 Å². The van der Waals surface area contributed by atoms with E-state index < -0.39 is 0 Å². The van der Waals surface area contributed by atoms with Crippen LogP contribution in [0.4, 0.5) is 0 Å². The van der Waals surface area contributed by atoms with Gasteiger partial charge in [0.05, 0.1) is 6.10 Å². The Kier molecular flexibility index (Phi) is 6.32. The molecule has 3 aliphatic rings. The van der Waals surface area contributed by atoms with Gasteiger partial charge in [-0.1, -0.05) is 51.0 Å². The average Bonchev–Trinajstić information content (AvgIpc) is 2.83. The lowest BCUT2D eigenvalue weighted by atomic mass is 9.64. The van der Waals surface area contributed by atoms with Crippen LogP contribution in [-0.4, -0.2) is 11.2 Å². The first-order valence-electron chi connectivity index (χ1n) is 9.66. The van der Waals surface area contributed by atoms with Crippen LogP contribution >= 0.6 is 0 Å². The normalized spacial score (nSPS) is 42.0. The Morgan fingerprint density at radius 1 is 1.05 bits per heavy atom. The summed E-state index contributed by atoms with van der Waals surface area (Å²) >= 11 is 0. The molecule has 0 amide bonds. The average molecular weight is 305 g/mol. The van der Waals surface area contributed by atoms with E-state index in [9.17, 15) is 5.11 Å². The Hall–Kier alpha value is -0.560. The molecular formula is C21H36O. The highest BCUT2D eigenvalue weighted by Crippen LogP contribution is 2.57. The highest BCUT2D eigenvalue weighted by atomic mass is 16.3. The molecule has 0 spiro atoms. The lowest BCUT2D eigenvalue weighted by Gasteiger charge is -2.41. The molecule has 3 aliphatic carbocycles. The zero-order chi connectivity index (χ0) is 16.2. The van der Waals surface area contributed by atoms with Crippen molar-refractivity contribution in [3.05, 3.63) is 23.3 Å². The predicted molar refractivity (Wildman–Crippen MR) is 95.8 cm³/mol. The maximum absolute atomic E-state index is 9.78. The lowest BCUT2D eigenvalue weighted by molar-refractivity contribution is 0.146. The lowest BCUT2D eigenvalue weighted by Crippen LogP contribution is -2.31. The minimum Gasteiger partial charge on any atom is -0.393 e. The van der Waals surface area contributed by atoms with Crippen molar-refractivity contribution in [3.8, 4) is 0 Å². The zero-order valence-corrected chi connectivity index (χ0v) is 15.2. The van der Waals surface area contributed by atoms with E-state index in [1.54, 1.807) is 5.57 Å². The molecule has 3 saturated carbocycles. The fraction of sp³-hybridized carbons (Fsp3) is 0.810. The van der Waals surface area contributed by atoms with E-state index in [-0.39, 0.29) is 6.10 Å². The standard InChI is InChI=1S/C19H30O.C2H6/c1-14-8-11-18-16(6-4-12-19(14,18)2)10-9-15-5-3-7-17(20)13-15;1-2/h9-10,14,17-18,20H,3-8,11-13H2,1-2H3;1-2H3/b15-9-,16-10+;/t14-,17-,18?,19+;/m0./s1. The molecule has 0 aromatic heterocycles. The highest BCUT2D eigenvalue weighted by molar-refractivity contribution is 5.25. The summed E-state index contributed by atoms with van der Waals surface area (Å²) in [5.74, 6) is 1.72. The molecule has 0 aromatic carbocycles. The van der Waals surface area contributed by atoms with Crippen LogP contribution in [0.5, 0.6) is 0 Å². The van der Waals surface area contributed by atoms with Gasteiger partial charge in [-0.3, -0.25) is 0 Å². The number of aliphatic hydroxyl groups is 1. The van der Waals surface area contributed by atoms with Crippen molar-refractivity contribution in [1.29, 1.82) is 0 Å². The maximum Gasteiger partial charge on any atom is 0.0577 e. The third-order valence-corrected chi connectivity index (χ3v) is 6.50. The van der Waals surface area contributed by atoms with E-state index in [0.29, 0.717) is 5.41 Å². The van der Waals surface area contributed by atoms with Crippen molar-refractivity contribution in [3.63, 3.8) is 0 Å². The fourth-order valence-electron chi connectivity index (χ4n) is 4.94. The van der Waals surface area contributed by atoms with Crippen LogP contribution in [0.2, 0.25) is 0 Å². The Labute approximate surface area is 137 Å². The van der Waals surface area contributed by atoms with Crippen molar-refractivity contribution in [2.45, 2.75) is 91.6 Å². The summed E-state index contributed by atoms with van der Waals surface area (Å²) in [5.41, 5.74) is 3.74. The first-order chi connectivity index (χ1) is 10.6. The smallest absolute Gasteiger partial charge is 0.0577 e. The van der Waals surface area contributed by atoms with Gasteiger partial charge in [0.2, 0.25) is 0 Å². The highest BCUT2D eigenvalue weighted by Gasteiger charge is 2.46. The van der Waals surface area contributed by atoms with E-state index in [1.165, 1.54) is 44.1 Å². The number of hydrogen-bond donors (Lipinski definition) is 1. The van der Waals surface area contributed by atoms with Crippen LogP contribution in [0, 0.1) is 17.3 Å². The molecule has 0 heterocycles. The number of rotatable bonds is 1. The number of fused-ring (bicyclic) bond motifs is 1. The van der Waals surface area contributed by atoms with E-state index >= 15 is 0 Å². The first-order valence-corrected chi connectivity index (χ1v) is 9.66. The molecule has 4 atom stereocenters. The Morgan fingerprint density at radius 3 is 2.55 bits per heavy atom. The van der Waals surface area contributed by atoms with Gasteiger partial charge in [-0.05, 0) is 75.0 Å². The van der Waals surface area contributed by atoms with Crippen LogP contribution in [0.15, 0.2) is 23.3 Å². The van der Waals surface area contributed by atoms with E-state index in [0.717, 1.165) is 31.1 Å². The molecule has 0 bridgehead atoms. The summed E-state index contributed by atoms with van der Waals surface area (Å²) < 4.78 is 0. The zero-order valence-electron chi connectivity index (χ0n) is 15.2. The molecule has 1 N–H and O–H groups in total. The third kappa shape index (κ3) is 3.67. The second kappa shape index (κ2) is 7.81. The summed E-state index contributed by atoms with van der Waals surface area (Å²) in [6, 6.07) is 0. The van der Waals surface area contributed by atoms with Crippen LogP contribution in [0.3, 0.4) is 0 Å². The topological polar surface area (TPSA) is 20.2 Å². The second-order valence-electron chi connectivity index (χ2n) is 7.71. The molecular weight excluding hydrogens is 268 g/mol. The molecule has 0 aromatic rings. The Morgan fingerprint density at radius 2 is 1.82 bits per heavy atom. The molecule has 0 radical (unpaired) electrons. The van der Waals surface area contributed by atoms with Gasteiger partial charge in [0.1, 0.15) is 0 Å². The summed E-state index contributed by atoms with van der Waals surface area (Å²) in [6.45, 7) is 8.98. The molecule has 3 fully saturated rings. The maximum atomic E-state index is 9.78. The van der Waals surface area contributed by atoms with E-state index in [1.807, 2.05) is 13.8 Å². The van der Waals surface area contributed by atoms with Crippen LogP contribution in [0.1, 0.15) is 85.5 Å². The molecule has 1 heteroatoms. The van der Waals surface area contributed by atoms with Gasteiger partial charge in [-0.15, -0.1) is 0 Å². The van der Waals surface area contributed by atoms with Crippen LogP contribution < -0.4 is 0 Å². The summed E-state index contributed by atoms with van der Waals surface area (Å²) in [6.07, 6.45) is 15.9. The molecule has 22 heavy (non-hydrogen) atoms. The SMILES string of the molecule is CC.C[C@H]1CCC2/C(=C/C=C3/CCC[C@H](O)C3)CCC[C@@]21C. The van der Waals surface area contributed by atoms with Crippen molar-refractivity contribution in [1.82, 2.24) is 0 Å². The third-order valence-electron chi connectivity index (χ3n) is 6.50. The molecule has 0 aliphatic heterocycles. The summed E-state index contributed by atoms with van der Waals surface area (Å²) in [5, 5.41) is 9.78. The monoisotopic (exact) mass is 304 g/mol. The van der Waals surface area contributed by atoms with Crippen molar-refractivity contribution in [2.24, 2.45) is 17.3 Å². The van der Waals surface area contributed by atoms with Gasteiger partial charge in [-0.25, -0.2) is 0 Å². The van der Waals surface area contributed by atoms with Crippen molar-refractivity contribution < 1.29 is 5.11 Å². The van der Waals surface area contributed by atoms with Crippen LogP contribution in [0.25, 0.3) is 0 Å². The minimum atomic E-state index is -0.0866. The van der Waals surface area contributed by atoms with E-state index in [2.05, 4.69) is 26.0 Å². The second-order valence-corrected chi connectivity index (χ2v) is 7.71. The predicted octanol–water partition coefficient (Wildman–Crippen LogP) is 6.04. The Balaban J connectivity index is 0.000000847. The largest absolute Gasteiger partial charge is 0.393 e. The van der Waals surface area contributed by atoms with Crippen molar-refractivity contribution >= 4 is 0 Å². The Bertz CT molecular complexity index is 420.